The van der Waals surface area contributed by atoms with Crippen LogP contribution in [0.2, 0.25) is 0 Å². The van der Waals surface area contributed by atoms with Gasteiger partial charge in [0, 0.05) is 0 Å². The maximum atomic E-state index is 12.8. The Morgan fingerprint density at radius 2 is 2.25 bits per heavy atom. The third-order valence-corrected chi connectivity index (χ3v) is 2.52. The first-order valence-electron chi connectivity index (χ1n) is 4.58. The molecule has 0 saturated carbocycles. The minimum absolute atomic E-state index is 0.309. The lowest BCUT2D eigenvalue weighted by Crippen LogP contribution is -2.27. The lowest BCUT2D eigenvalue weighted by Gasteiger charge is -2.05. The van der Waals surface area contributed by atoms with Crippen LogP contribution in [0, 0.1) is 5.82 Å². The molecule has 0 radical (unpaired) electrons. The lowest BCUT2D eigenvalue weighted by atomic mass is 10.3. The van der Waals surface area contributed by atoms with Crippen molar-refractivity contribution in [2.45, 2.75) is 0 Å². The van der Waals surface area contributed by atoms with Crippen LogP contribution in [0.25, 0.3) is 0 Å². The van der Waals surface area contributed by atoms with E-state index in [0.717, 1.165) is 0 Å². The van der Waals surface area contributed by atoms with E-state index in [2.05, 4.69) is 20.9 Å². The molecule has 0 saturated heterocycles. The van der Waals surface area contributed by atoms with Crippen LogP contribution >= 0.6 is 15.9 Å². The molecule has 0 amide bonds. The van der Waals surface area contributed by atoms with Crippen LogP contribution in [0.5, 0.6) is 11.5 Å². The van der Waals surface area contributed by atoms with Crippen LogP contribution in [0.4, 0.5) is 4.39 Å². The number of hydrogen-bond donors (Lipinski definition) is 0. The molecule has 5 heteroatoms. The molecule has 0 aliphatic heterocycles. The molecule has 0 spiro atoms. The molecule has 16 heavy (non-hydrogen) atoms. The number of aryl methyl sites for hydroxylation is 1. The normalized spacial score (nSPS) is 10.2. The maximum Gasteiger partial charge on any atom is 0.286 e. The van der Waals surface area contributed by atoms with Crippen molar-refractivity contribution in [3.8, 4) is 11.5 Å². The fourth-order valence-corrected chi connectivity index (χ4v) is 1.65. The van der Waals surface area contributed by atoms with Crippen molar-refractivity contribution in [1.29, 1.82) is 0 Å². The van der Waals surface area contributed by atoms with Gasteiger partial charge in [0.2, 0.25) is 5.75 Å². The Labute approximate surface area is 101 Å². The monoisotopic (exact) mass is 283 g/mol. The number of nitrogens with zero attached hydrogens (tertiary/aromatic N) is 2. The fourth-order valence-electron chi connectivity index (χ4n) is 1.22. The van der Waals surface area contributed by atoms with Gasteiger partial charge in [-0.3, -0.25) is 0 Å². The van der Waals surface area contributed by atoms with Gasteiger partial charge < -0.3 is 4.74 Å². The SMILES string of the molecule is C[n+]1cncc(Oc2ccc(F)cc2Br)c1. The predicted molar refractivity (Wildman–Crippen MR) is 59.6 cm³/mol. The minimum Gasteiger partial charge on any atom is -0.448 e. The number of ether oxygens (including phenoxy) is 1. The molecule has 2 rings (SSSR count). The van der Waals surface area contributed by atoms with Crippen LogP contribution in [0.3, 0.4) is 0 Å². The Balaban J connectivity index is 2.27. The van der Waals surface area contributed by atoms with E-state index in [4.69, 9.17) is 4.74 Å². The van der Waals surface area contributed by atoms with Gasteiger partial charge in [0.25, 0.3) is 6.33 Å². The molecule has 2 aromatic rings. The quantitative estimate of drug-likeness (QED) is 0.792. The van der Waals surface area contributed by atoms with Gasteiger partial charge >= 0.3 is 0 Å². The predicted octanol–water partition coefficient (Wildman–Crippen LogP) is 2.60. The molecule has 0 aliphatic carbocycles. The maximum absolute atomic E-state index is 12.8. The summed E-state index contributed by atoms with van der Waals surface area (Å²) in [4.78, 5) is 3.98. The van der Waals surface area contributed by atoms with Gasteiger partial charge in [-0.15, -0.1) is 0 Å². The van der Waals surface area contributed by atoms with E-state index in [9.17, 15) is 4.39 Å². The lowest BCUT2D eigenvalue weighted by molar-refractivity contribution is -0.674. The van der Waals surface area contributed by atoms with Crippen molar-refractivity contribution >= 4 is 15.9 Å². The van der Waals surface area contributed by atoms with Crippen LogP contribution in [0.15, 0.2) is 41.4 Å². The number of benzene rings is 1. The smallest absolute Gasteiger partial charge is 0.286 e. The second kappa shape index (κ2) is 4.57. The Bertz CT molecular complexity index is 519. The molecule has 82 valence electrons. The third kappa shape index (κ3) is 2.55. The van der Waals surface area contributed by atoms with Crippen LogP contribution in [0.1, 0.15) is 0 Å². The van der Waals surface area contributed by atoms with E-state index in [-0.39, 0.29) is 5.82 Å². The molecule has 1 heterocycles. The van der Waals surface area contributed by atoms with Gasteiger partial charge in [-0.1, -0.05) is 4.98 Å². The highest BCUT2D eigenvalue weighted by molar-refractivity contribution is 9.10. The summed E-state index contributed by atoms with van der Waals surface area (Å²) in [5, 5.41) is 0. The standard InChI is InChI=1S/C11H9BrFN2O/c1-15-6-9(5-14-7-15)16-11-3-2-8(13)4-10(11)12/h2-7H,1H3/q+1. The van der Waals surface area contributed by atoms with E-state index < -0.39 is 0 Å². The Hall–Kier alpha value is -1.49. The summed E-state index contributed by atoms with van der Waals surface area (Å²) < 4.78 is 20.7. The second-order valence-corrected chi connectivity index (χ2v) is 4.12. The van der Waals surface area contributed by atoms with E-state index in [1.54, 1.807) is 29.4 Å². The summed E-state index contributed by atoms with van der Waals surface area (Å²) in [5.41, 5.74) is 0. The largest absolute Gasteiger partial charge is 0.448 e. The Morgan fingerprint density at radius 1 is 1.44 bits per heavy atom. The molecule has 3 nitrogen and oxygen atoms in total. The molecular weight excluding hydrogens is 275 g/mol. The molecule has 0 aliphatic rings. The van der Waals surface area contributed by atoms with E-state index in [1.165, 1.54) is 12.1 Å². The van der Waals surface area contributed by atoms with Gasteiger partial charge in [0.15, 0.2) is 6.20 Å². The highest BCUT2D eigenvalue weighted by Gasteiger charge is 2.06. The highest BCUT2D eigenvalue weighted by Crippen LogP contribution is 2.29. The fraction of sp³-hybridized carbons (Fsp3) is 0.0909. The average molecular weight is 284 g/mol. The molecule has 0 N–H and O–H groups in total. The van der Waals surface area contributed by atoms with Crippen molar-refractivity contribution in [2.75, 3.05) is 0 Å². The molecule has 0 bridgehead atoms. The zero-order valence-electron chi connectivity index (χ0n) is 8.52. The first-order chi connectivity index (χ1) is 7.65. The first kappa shape index (κ1) is 11.0. The van der Waals surface area contributed by atoms with Crippen LogP contribution in [-0.2, 0) is 7.05 Å². The van der Waals surface area contributed by atoms with Gasteiger partial charge in [-0.2, -0.15) is 0 Å². The number of halogens is 2. The van der Waals surface area contributed by atoms with E-state index in [1.807, 2.05) is 7.05 Å². The third-order valence-electron chi connectivity index (χ3n) is 1.90. The number of rotatable bonds is 2. The summed E-state index contributed by atoms with van der Waals surface area (Å²) in [6.07, 6.45) is 5.03. The molecular formula is C11H9BrFN2O+. The van der Waals surface area contributed by atoms with Gasteiger partial charge in [-0.05, 0) is 34.1 Å². The van der Waals surface area contributed by atoms with Crippen molar-refractivity contribution in [3.05, 3.63) is 47.2 Å². The molecule has 1 aromatic heterocycles. The first-order valence-corrected chi connectivity index (χ1v) is 5.37. The summed E-state index contributed by atoms with van der Waals surface area (Å²) >= 11 is 3.23. The molecule has 1 aromatic carbocycles. The topological polar surface area (TPSA) is 26.0 Å². The van der Waals surface area contributed by atoms with Gasteiger partial charge in [-0.25, -0.2) is 8.96 Å². The summed E-state index contributed by atoms with van der Waals surface area (Å²) in [6.45, 7) is 0. The van der Waals surface area contributed by atoms with Crippen molar-refractivity contribution in [2.24, 2.45) is 7.05 Å². The minimum atomic E-state index is -0.309. The molecule has 0 unspecified atom stereocenters. The zero-order chi connectivity index (χ0) is 11.5. The van der Waals surface area contributed by atoms with E-state index in [0.29, 0.717) is 16.0 Å². The van der Waals surface area contributed by atoms with Crippen molar-refractivity contribution in [3.63, 3.8) is 0 Å². The Morgan fingerprint density at radius 3 is 2.94 bits per heavy atom. The summed E-state index contributed by atoms with van der Waals surface area (Å²) in [7, 11) is 1.85. The Kier molecular flexibility index (Phi) is 3.14. The van der Waals surface area contributed by atoms with Gasteiger partial charge in [0.05, 0.1) is 11.5 Å². The summed E-state index contributed by atoms with van der Waals surface area (Å²) in [6, 6.07) is 4.26. The zero-order valence-corrected chi connectivity index (χ0v) is 10.1. The van der Waals surface area contributed by atoms with Crippen molar-refractivity contribution in [1.82, 2.24) is 4.98 Å². The molecule has 0 atom stereocenters. The van der Waals surface area contributed by atoms with Crippen LogP contribution < -0.4 is 9.30 Å². The highest BCUT2D eigenvalue weighted by atomic mass is 79.9. The van der Waals surface area contributed by atoms with Gasteiger partial charge in [0.1, 0.15) is 17.8 Å². The van der Waals surface area contributed by atoms with Crippen molar-refractivity contribution < 1.29 is 13.7 Å². The number of hydrogen-bond acceptors (Lipinski definition) is 2. The summed E-state index contributed by atoms with van der Waals surface area (Å²) in [5.74, 6) is 0.836. The second-order valence-electron chi connectivity index (χ2n) is 3.27. The average Bonchev–Trinajstić information content (AvgIpc) is 2.22. The molecule has 0 fully saturated rings. The van der Waals surface area contributed by atoms with E-state index >= 15 is 0 Å². The number of aromatic nitrogens is 2. The van der Waals surface area contributed by atoms with Crippen LogP contribution in [-0.4, -0.2) is 4.98 Å².